The molecule has 0 aliphatic carbocycles. The van der Waals surface area contributed by atoms with Gasteiger partial charge in [0.2, 0.25) is 5.91 Å². The largest absolute Gasteiger partial charge is 0.453 e. The zero-order valence-corrected chi connectivity index (χ0v) is 12.7. The maximum Gasteiger partial charge on any atom is 0.409 e. The Hall–Kier alpha value is -1.75. The molecule has 2 rings (SSSR count). The topological polar surface area (TPSA) is 58.6 Å². The van der Waals surface area contributed by atoms with Crippen molar-refractivity contribution in [2.45, 2.75) is 25.3 Å². The van der Waals surface area contributed by atoms with Gasteiger partial charge in [-0.25, -0.2) is 4.79 Å². The van der Waals surface area contributed by atoms with E-state index in [0.29, 0.717) is 24.5 Å². The molecule has 5 nitrogen and oxygen atoms in total. The van der Waals surface area contributed by atoms with Crippen LogP contribution >= 0.6 is 11.6 Å². The summed E-state index contributed by atoms with van der Waals surface area (Å²) in [5.74, 6) is -0.0196. The van der Waals surface area contributed by atoms with E-state index >= 15 is 0 Å². The number of nitrogens with one attached hydrogen (secondary N) is 1. The fourth-order valence-electron chi connectivity index (χ4n) is 2.45. The van der Waals surface area contributed by atoms with Crippen molar-refractivity contribution < 1.29 is 14.3 Å². The van der Waals surface area contributed by atoms with E-state index < -0.39 is 0 Å². The molecule has 2 amide bonds. The number of ether oxygens (including phenoxy) is 1. The second kappa shape index (κ2) is 7.31. The van der Waals surface area contributed by atoms with E-state index in [4.69, 9.17) is 11.6 Å². The number of hydrogen-bond donors (Lipinski definition) is 1. The maximum absolute atomic E-state index is 12.0. The van der Waals surface area contributed by atoms with Crippen LogP contribution in [0.4, 0.5) is 4.79 Å². The van der Waals surface area contributed by atoms with Gasteiger partial charge in [-0.1, -0.05) is 23.7 Å². The summed E-state index contributed by atoms with van der Waals surface area (Å²) >= 11 is 5.90. The summed E-state index contributed by atoms with van der Waals surface area (Å²) in [4.78, 5) is 25.0. The molecule has 1 heterocycles. The Balaban J connectivity index is 1.78. The van der Waals surface area contributed by atoms with Crippen molar-refractivity contribution >= 4 is 23.6 Å². The molecular formula is C15H19ClN2O3. The molecule has 0 bridgehead atoms. The van der Waals surface area contributed by atoms with E-state index in [1.54, 1.807) is 17.0 Å². The summed E-state index contributed by atoms with van der Waals surface area (Å²) in [5, 5.41) is 3.63. The molecule has 0 atom stereocenters. The van der Waals surface area contributed by atoms with Gasteiger partial charge in [0.15, 0.2) is 0 Å². The quantitative estimate of drug-likeness (QED) is 0.931. The lowest BCUT2D eigenvalue weighted by molar-refractivity contribution is -0.121. The average Bonchev–Trinajstić information content (AvgIpc) is 2.47. The van der Waals surface area contributed by atoms with Crippen LogP contribution in [0.2, 0.25) is 5.02 Å². The lowest BCUT2D eigenvalue weighted by Gasteiger charge is -2.31. The van der Waals surface area contributed by atoms with E-state index in [-0.39, 0.29) is 18.0 Å². The van der Waals surface area contributed by atoms with Crippen molar-refractivity contribution in [2.24, 2.45) is 0 Å². The minimum absolute atomic E-state index is 0.0196. The van der Waals surface area contributed by atoms with Gasteiger partial charge >= 0.3 is 6.09 Å². The Morgan fingerprint density at radius 2 is 2.10 bits per heavy atom. The number of methoxy groups -OCH3 is 1. The van der Waals surface area contributed by atoms with Gasteiger partial charge in [0, 0.05) is 24.2 Å². The molecule has 1 N–H and O–H groups in total. The van der Waals surface area contributed by atoms with E-state index in [9.17, 15) is 9.59 Å². The fraction of sp³-hybridized carbons (Fsp3) is 0.467. The molecule has 1 aromatic rings. The van der Waals surface area contributed by atoms with Crippen molar-refractivity contribution in [2.75, 3.05) is 20.2 Å². The third kappa shape index (κ3) is 4.63. The second-order valence-corrected chi connectivity index (χ2v) is 5.54. The zero-order chi connectivity index (χ0) is 15.2. The predicted molar refractivity (Wildman–Crippen MR) is 80.3 cm³/mol. The molecule has 1 aromatic carbocycles. The van der Waals surface area contributed by atoms with Crippen LogP contribution in [0, 0.1) is 0 Å². The number of benzene rings is 1. The molecule has 6 heteroatoms. The number of likely N-dealkylation sites (tertiary alicyclic amines) is 1. The van der Waals surface area contributed by atoms with Crippen LogP contribution in [0.15, 0.2) is 24.3 Å². The van der Waals surface area contributed by atoms with Crippen molar-refractivity contribution in [3.63, 3.8) is 0 Å². The number of halogens is 1. The maximum atomic E-state index is 12.0. The van der Waals surface area contributed by atoms with E-state index in [0.717, 1.165) is 18.4 Å². The number of amides is 2. The monoisotopic (exact) mass is 310 g/mol. The van der Waals surface area contributed by atoms with Crippen LogP contribution in [-0.4, -0.2) is 43.1 Å². The van der Waals surface area contributed by atoms with Gasteiger partial charge in [-0.2, -0.15) is 0 Å². The molecule has 1 aliphatic rings. The summed E-state index contributed by atoms with van der Waals surface area (Å²) in [6.45, 7) is 1.21. The third-order valence-electron chi connectivity index (χ3n) is 3.55. The van der Waals surface area contributed by atoms with E-state index in [1.165, 1.54) is 7.11 Å². The first-order chi connectivity index (χ1) is 10.1. The number of nitrogens with zero attached hydrogens (tertiary/aromatic N) is 1. The highest BCUT2D eigenvalue weighted by Gasteiger charge is 2.24. The molecule has 0 saturated carbocycles. The first-order valence-electron chi connectivity index (χ1n) is 6.95. The SMILES string of the molecule is COC(=O)N1CCC(NC(=O)Cc2cccc(Cl)c2)CC1. The Morgan fingerprint density at radius 1 is 1.38 bits per heavy atom. The van der Waals surface area contributed by atoms with Crippen LogP contribution in [0.1, 0.15) is 18.4 Å². The van der Waals surface area contributed by atoms with Crippen molar-refractivity contribution in [3.8, 4) is 0 Å². The number of hydrogen-bond acceptors (Lipinski definition) is 3. The van der Waals surface area contributed by atoms with Crippen LogP contribution in [0.3, 0.4) is 0 Å². The van der Waals surface area contributed by atoms with Crippen molar-refractivity contribution in [3.05, 3.63) is 34.9 Å². The smallest absolute Gasteiger partial charge is 0.409 e. The zero-order valence-electron chi connectivity index (χ0n) is 12.0. The number of carbonyl (C=O) groups excluding carboxylic acids is 2. The molecule has 0 unspecified atom stereocenters. The molecule has 0 aromatic heterocycles. The molecule has 0 radical (unpaired) electrons. The lowest BCUT2D eigenvalue weighted by Crippen LogP contribution is -2.46. The normalized spacial score (nSPS) is 15.6. The Kier molecular flexibility index (Phi) is 5.44. The standard InChI is InChI=1S/C15H19ClN2O3/c1-21-15(20)18-7-5-13(6-8-18)17-14(19)10-11-3-2-4-12(16)9-11/h2-4,9,13H,5-8,10H2,1H3,(H,17,19). The van der Waals surface area contributed by atoms with Crippen molar-refractivity contribution in [1.29, 1.82) is 0 Å². The summed E-state index contributed by atoms with van der Waals surface area (Å²) in [6, 6.07) is 7.40. The summed E-state index contributed by atoms with van der Waals surface area (Å²) in [6.07, 6.45) is 1.50. The summed E-state index contributed by atoms with van der Waals surface area (Å²) < 4.78 is 4.68. The van der Waals surface area contributed by atoms with Crippen LogP contribution in [-0.2, 0) is 16.0 Å². The van der Waals surface area contributed by atoms with Gasteiger partial charge in [0.05, 0.1) is 13.5 Å². The summed E-state index contributed by atoms with van der Waals surface area (Å²) in [7, 11) is 1.38. The highest BCUT2D eigenvalue weighted by Crippen LogP contribution is 2.13. The number of carbonyl (C=O) groups is 2. The Labute approximate surface area is 129 Å². The molecule has 114 valence electrons. The van der Waals surface area contributed by atoms with Gasteiger partial charge in [0.1, 0.15) is 0 Å². The number of piperidine rings is 1. The highest BCUT2D eigenvalue weighted by molar-refractivity contribution is 6.30. The van der Waals surface area contributed by atoms with Gasteiger partial charge in [0.25, 0.3) is 0 Å². The Bertz CT molecular complexity index is 513. The molecule has 1 aliphatic heterocycles. The minimum Gasteiger partial charge on any atom is -0.453 e. The molecule has 0 spiro atoms. The van der Waals surface area contributed by atoms with E-state index in [1.807, 2.05) is 12.1 Å². The minimum atomic E-state index is -0.307. The highest BCUT2D eigenvalue weighted by atomic mass is 35.5. The molecule has 1 saturated heterocycles. The van der Waals surface area contributed by atoms with Crippen LogP contribution < -0.4 is 5.32 Å². The molecule has 1 fully saturated rings. The first-order valence-corrected chi connectivity index (χ1v) is 7.33. The average molecular weight is 311 g/mol. The molecule has 21 heavy (non-hydrogen) atoms. The van der Waals surface area contributed by atoms with Crippen molar-refractivity contribution in [1.82, 2.24) is 10.2 Å². The van der Waals surface area contributed by atoms with Gasteiger partial charge in [-0.05, 0) is 30.5 Å². The second-order valence-electron chi connectivity index (χ2n) is 5.11. The molecular weight excluding hydrogens is 292 g/mol. The third-order valence-corrected chi connectivity index (χ3v) is 3.78. The predicted octanol–water partition coefficient (Wildman–Crippen LogP) is 2.23. The van der Waals surface area contributed by atoms with E-state index in [2.05, 4.69) is 10.1 Å². The fourth-order valence-corrected chi connectivity index (χ4v) is 2.66. The van der Waals surface area contributed by atoms with Crippen LogP contribution in [0.25, 0.3) is 0 Å². The van der Waals surface area contributed by atoms with Gasteiger partial charge in [-0.15, -0.1) is 0 Å². The number of rotatable bonds is 3. The first kappa shape index (κ1) is 15.6. The van der Waals surface area contributed by atoms with Crippen LogP contribution in [0.5, 0.6) is 0 Å². The van der Waals surface area contributed by atoms with Gasteiger partial charge < -0.3 is 15.0 Å². The Morgan fingerprint density at radius 3 is 2.71 bits per heavy atom. The summed E-state index contributed by atoms with van der Waals surface area (Å²) in [5.41, 5.74) is 0.895. The van der Waals surface area contributed by atoms with Gasteiger partial charge in [-0.3, -0.25) is 4.79 Å². The lowest BCUT2D eigenvalue weighted by atomic mass is 10.0.